The summed E-state index contributed by atoms with van der Waals surface area (Å²) in [5, 5.41) is 0. The molecule has 0 atom stereocenters. The molecule has 4 heteroatoms. The molecule has 0 N–H and O–H groups in total. The van der Waals surface area contributed by atoms with Gasteiger partial charge >= 0.3 is 0 Å². The van der Waals surface area contributed by atoms with Gasteiger partial charge in [-0.2, -0.15) is 0 Å². The topological polar surface area (TPSA) is 31.2 Å². The summed E-state index contributed by atoms with van der Waals surface area (Å²) in [6.07, 6.45) is 2.14. The fourth-order valence-corrected chi connectivity index (χ4v) is 2.95. The summed E-state index contributed by atoms with van der Waals surface area (Å²) in [5.41, 5.74) is 3.20. The highest BCUT2D eigenvalue weighted by molar-refractivity contribution is 6.30. The first kappa shape index (κ1) is 14.6. The van der Waals surface area contributed by atoms with Gasteiger partial charge in [0.2, 0.25) is 0 Å². The highest BCUT2D eigenvalue weighted by atomic mass is 35.5. The van der Waals surface area contributed by atoms with Crippen LogP contribution < -0.4 is 0 Å². The van der Waals surface area contributed by atoms with Crippen molar-refractivity contribution in [2.75, 3.05) is 19.1 Å². The lowest BCUT2D eigenvalue weighted by molar-refractivity contribution is 0.0150. The number of carbonyl (C=O) groups excluding carboxylic acids is 1. The van der Waals surface area contributed by atoms with Gasteiger partial charge in [0.1, 0.15) is 0 Å². The SMILES string of the molecule is Cc1cc(C(=O)CCl)c(C)n1CC1(C)CCOCC1. The lowest BCUT2D eigenvalue weighted by Gasteiger charge is -2.34. The first-order valence-electron chi connectivity index (χ1n) is 6.80. The van der Waals surface area contributed by atoms with Gasteiger partial charge in [0, 0.05) is 36.7 Å². The number of aromatic nitrogens is 1. The average molecular weight is 284 g/mol. The zero-order chi connectivity index (χ0) is 14.0. The highest BCUT2D eigenvalue weighted by Crippen LogP contribution is 2.33. The first-order chi connectivity index (χ1) is 8.97. The van der Waals surface area contributed by atoms with Crippen LogP contribution >= 0.6 is 11.6 Å². The highest BCUT2D eigenvalue weighted by Gasteiger charge is 2.29. The first-order valence-corrected chi connectivity index (χ1v) is 7.34. The zero-order valence-electron chi connectivity index (χ0n) is 12.0. The monoisotopic (exact) mass is 283 g/mol. The Morgan fingerprint density at radius 3 is 2.63 bits per heavy atom. The molecule has 1 saturated heterocycles. The minimum atomic E-state index is 0.0122. The van der Waals surface area contributed by atoms with Crippen LogP contribution in [-0.2, 0) is 11.3 Å². The van der Waals surface area contributed by atoms with Crippen molar-refractivity contribution in [1.29, 1.82) is 0 Å². The van der Waals surface area contributed by atoms with E-state index in [1.165, 1.54) is 0 Å². The van der Waals surface area contributed by atoms with Crippen LogP contribution in [-0.4, -0.2) is 29.4 Å². The van der Waals surface area contributed by atoms with E-state index in [4.69, 9.17) is 16.3 Å². The molecule has 0 amide bonds. The van der Waals surface area contributed by atoms with E-state index in [2.05, 4.69) is 18.4 Å². The predicted octanol–water partition coefficient (Wildman–Crippen LogP) is 3.34. The van der Waals surface area contributed by atoms with Gasteiger partial charge in [-0.1, -0.05) is 6.92 Å². The van der Waals surface area contributed by atoms with Crippen molar-refractivity contribution in [3.63, 3.8) is 0 Å². The number of hydrogen-bond donors (Lipinski definition) is 0. The molecule has 0 saturated carbocycles. The second-order valence-electron chi connectivity index (χ2n) is 5.85. The van der Waals surface area contributed by atoms with Crippen LogP contribution in [0.5, 0.6) is 0 Å². The number of ketones is 1. The molecule has 1 aliphatic heterocycles. The molecule has 1 aromatic heterocycles. The Bertz CT molecular complexity index is 473. The third kappa shape index (κ3) is 3.03. The number of halogens is 1. The Hall–Kier alpha value is -0.800. The van der Waals surface area contributed by atoms with Gasteiger partial charge in [-0.3, -0.25) is 4.79 Å². The molecule has 0 bridgehead atoms. The predicted molar refractivity (Wildman–Crippen MR) is 77.1 cm³/mol. The van der Waals surface area contributed by atoms with Crippen molar-refractivity contribution in [3.8, 4) is 0 Å². The fraction of sp³-hybridized carbons (Fsp3) is 0.667. The normalized spacial score (nSPS) is 18.5. The van der Waals surface area contributed by atoms with E-state index < -0.39 is 0 Å². The third-order valence-corrected chi connectivity index (χ3v) is 4.48. The van der Waals surface area contributed by atoms with Crippen molar-refractivity contribution < 1.29 is 9.53 Å². The number of alkyl halides is 1. The molecule has 0 aliphatic carbocycles. The summed E-state index contributed by atoms with van der Waals surface area (Å²) in [7, 11) is 0. The molecule has 0 unspecified atom stereocenters. The maximum absolute atomic E-state index is 11.8. The molecule has 1 fully saturated rings. The minimum Gasteiger partial charge on any atom is -0.381 e. The van der Waals surface area contributed by atoms with E-state index in [9.17, 15) is 4.79 Å². The third-order valence-electron chi connectivity index (χ3n) is 4.24. The van der Waals surface area contributed by atoms with E-state index >= 15 is 0 Å². The number of Topliss-reactive ketones (excluding diaryl/α,β-unsaturated/α-hetero) is 1. The molecule has 0 spiro atoms. The Labute approximate surface area is 119 Å². The van der Waals surface area contributed by atoms with Gasteiger partial charge in [0.05, 0.1) is 5.88 Å². The lowest BCUT2D eigenvalue weighted by atomic mass is 9.82. The van der Waals surface area contributed by atoms with E-state index in [0.717, 1.165) is 49.6 Å². The van der Waals surface area contributed by atoms with E-state index in [-0.39, 0.29) is 17.1 Å². The van der Waals surface area contributed by atoms with Gasteiger partial charge in [-0.05, 0) is 38.2 Å². The fourth-order valence-electron chi connectivity index (χ4n) is 2.80. The smallest absolute Gasteiger partial charge is 0.179 e. The standard InChI is InChI=1S/C15H22ClNO2/c1-11-8-13(14(18)9-16)12(2)17(11)10-15(3)4-6-19-7-5-15/h8H,4-7,9-10H2,1-3H3. The zero-order valence-corrected chi connectivity index (χ0v) is 12.7. The largest absolute Gasteiger partial charge is 0.381 e. The van der Waals surface area contributed by atoms with E-state index in [1.807, 2.05) is 13.0 Å². The summed E-state index contributed by atoms with van der Waals surface area (Å²) >= 11 is 5.66. The van der Waals surface area contributed by atoms with Crippen LogP contribution in [0.3, 0.4) is 0 Å². The van der Waals surface area contributed by atoms with Crippen LogP contribution in [0.1, 0.15) is 41.5 Å². The molecule has 1 aliphatic rings. The molecule has 2 heterocycles. The molecular formula is C15H22ClNO2. The van der Waals surface area contributed by atoms with Crippen molar-refractivity contribution >= 4 is 17.4 Å². The second kappa shape index (κ2) is 5.68. The van der Waals surface area contributed by atoms with E-state index in [1.54, 1.807) is 0 Å². The Kier molecular flexibility index (Phi) is 4.36. The number of aryl methyl sites for hydroxylation is 1. The maximum atomic E-state index is 11.8. The average Bonchev–Trinajstić information content (AvgIpc) is 2.66. The molecule has 19 heavy (non-hydrogen) atoms. The van der Waals surface area contributed by atoms with Gasteiger partial charge in [0.25, 0.3) is 0 Å². The van der Waals surface area contributed by atoms with Crippen LogP contribution in [0, 0.1) is 19.3 Å². The number of rotatable bonds is 4. The van der Waals surface area contributed by atoms with Crippen LogP contribution in [0.4, 0.5) is 0 Å². The molecular weight excluding hydrogens is 262 g/mol. The van der Waals surface area contributed by atoms with Crippen molar-refractivity contribution in [1.82, 2.24) is 4.57 Å². The Morgan fingerprint density at radius 2 is 2.05 bits per heavy atom. The summed E-state index contributed by atoms with van der Waals surface area (Å²) in [4.78, 5) is 11.8. The molecule has 2 rings (SSSR count). The second-order valence-corrected chi connectivity index (χ2v) is 6.12. The van der Waals surface area contributed by atoms with Crippen molar-refractivity contribution in [2.45, 2.75) is 40.2 Å². The number of carbonyl (C=O) groups is 1. The van der Waals surface area contributed by atoms with Crippen molar-refractivity contribution in [2.24, 2.45) is 5.41 Å². The Morgan fingerprint density at radius 1 is 1.42 bits per heavy atom. The van der Waals surface area contributed by atoms with Gasteiger partial charge in [-0.15, -0.1) is 11.6 Å². The van der Waals surface area contributed by atoms with Crippen LogP contribution in [0.25, 0.3) is 0 Å². The lowest BCUT2D eigenvalue weighted by Crippen LogP contribution is -2.31. The quantitative estimate of drug-likeness (QED) is 0.627. The Balaban J connectivity index is 2.25. The number of hydrogen-bond acceptors (Lipinski definition) is 2. The molecule has 3 nitrogen and oxygen atoms in total. The van der Waals surface area contributed by atoms with Crippen LogP contribution in [0.15, 0.2) is 6.07 Å². The van der Waals surface area contributed by atoms with Crippen LogP contribution in [0.2, 0.25) is 0 Å². The number of ether oxygens (including phenoxy) is 1. The van der Waals surface area contributed by atoms with Gasteiger partial charge in [-0.25, -0.2) is 0 Å². The molecule has 0 radical (unpaired) electrons. The molecule has 1 aromatic rings. The van der Waals surface area contributed by atoms with Crippen molar-refractivity contribution in [3.05, 3.63) is 23.0 Å². The summed E-state index contributed by atoms with van der Waals surface area (Å²) in [6, 6.07) is 1.96. The number of nitrogens with zero attached hydrogens (tertiary/aromatic N) is 1. The summed E-state index contributed by atoms with van der Waals surface area (Å²) < 4.78 is 7.70. The maximum Gasteiger partial charge on any atom is 0.179 e. The summed E-state index contributed by atoms with van der Waals surface area (Å²) in [6.45, 7) is 8.99. The van der Waals surface area contributed by atoms with Gasteiger partial charge in [0.15, 0.2) is 5.78 Å². The minimum absolute atomic E-state index is 0.0122. The molecule has 0 aromatic carbocycles. The van der Waals surface area contributed by atoms with E-state index in [0.29, 0.717) is 0 Å². The van der Waals surface area contributed by atoms with Gasteiger partial charge < -0.3 is 9.30 Å². The molecule has 106 valence electrons. The summed E-state index contributed by atoms with van der Waals surface area (Å²) in [5.74, 6) is 0.0632.